The van der Waals surface area contributed by atoms with Gasteiger partial charge in [-0.3, -0.25) is 0 Å². The van der Waals surface area contributed by atoms with E-state index in [0.29, 0.717) is 6.04 Å². The summed E-state index contributed by atoms with van der Waals surface area (Å²) in [6.45, 7) is 1.17. The maximum atomic E-state index is 4.95. The molecule has 0 radical (unpaired) electrons. The Bertz CT molecular complexity index is 408. The molecule has 3 heteroatoms. The van der Waals surface area contributed by atoms with Crippen molar-refractivity contribution in [2.24, 2.45) is 11.8 Å². The maximum Gasteiger partial charge on any atom is 0.0962 e. The van der Waals surface area contributed by atoms with Crippen LogP contribution >= 0.6 is 11.3 Å². The molecular weight excluding hydrogens is 228 g/mol. The van der Waals surface area contributed by atoms with Crippen molar-refractivity contribution in [1.29, 1.82) is 0 Å². The third-order valence-corrected chi connectivity index (χ3v) is 6.01. The van der Waals surface area contributed by atoms with Crippen LogP contribution in [0.25, 0.3) is 0 Å². The molecule has 2 aliphatic carbocycles. The van der Waals surface area contributed by atoms with Crippen LogP contribution in [0.4, 0.5) is 0 Å². The molecule has 1 aliphatic heterocycles. The van der Waals surface area contributed by atoms with Crippen LogP contribution in [-0.2, 0) is 0 Å². The molecule has 92 valence electrons. The maximum absolute atomic E-state index is 4.95. The smallest absolute Gasteiger partial charge is 0.0962 e. The van der Waals surface area contributed by atoms with Gasteiger partial charge in [0.15, 0.2) is 0 Å². The molecule has 0 spiro atoms. The molecule has 1 aromatic heterocycles. The molecule has 2 heterocycles. The van der Waals surface area contributed by atoms with Gasteiger partial charge in [0.2, 0.25) is 0 Å². The number of nitrogens with one attached hydrogen (secondary N) is 1. The van der Waals surface area contributed by atoms with Crippen LogP contribution in [0.5, 0.6) is 0 Å². The highest BCUT2D eigenvalue weighted by Gasteiger charge is 2.41. The fourth-order valence-corrected chi connectivity index (χ4v) is 5.20. The van der Waals surface area contributed by atoms with Crippen molar-refractivity contribution in [3.8, 4) is 0 Å². The third-order valence-electron chi connectivity index (χ3n) is 5.01. The highest BCUT2D eigenvalue weighted by molar-refractivity contribution is 7.09. The number of hydrogen-bond donors (Lipinski definition) is 1. The van der Waals surface area contributed by atoms with Crippen molar-refractivity contribution in [3.63, 3.8) is 0 Å². The lowest BCUT2D eigenvalue weighted by Crippen LogP contribution is -2.14. The van der Waals surface area contributed by atoms with Crippen LogP contribution in [0.15, 0.2) is 5.38 Å². The summed E-state index contributed by atoms with van der Waals surface area (Å²) < 4.78 is 0. The van der Waals surface area contributed by atoms with E-state index in [9.17, 15) is 0 Å². The van der Waals surface area contributed by atoms with Gasteiger partial charge in [-0.2, -0.15) is 0 Å². The van der Waals surface area contributed by atoms with Crippen LogP contribution in [0.1, 0.15) is 61.2 Å². The van der Waals surface area contributed by atoms with Gasteiger partial charge in [-0.1, -0.05) is 6.42 Å². The summed E-state index contributed by atoms with van der Waals surface area (Å²) in [5.74, 6) is 2.81. The summed E-state index contributed by atoms with van der Waals surface area (Å²) in [4.78, 5) is 4.95. The highest BCUT2D eigenvalue weighted by Crippen LogP contribution is 2.53. The number of hydrogen-bond acceptors (Lipinski definition) is 3. The number of nitrogens with zero attached hydrogens (tertiary/aromatic N) is 1. The summed E-state index contributed by atoms with van der Waals surface area (Å²) >= 11 is 1.92. The molecule has 2 nitrogen and oxygen atoms in total. The second kappa shape index (κ2) is 4.06. The second-order valence-corrected chi connectivity index (χ2v) is 6.93. The first-order valence-corrected chi connectivity index (χ1v) is 7.97. The van der Waals surface area contributed by atoms with Crippen molar-refractivity contribution in [1.82, 2.24) is 10.3 Å². The Labute approximate surface area is 107 Å². The third kappa shape index (κ3) is 1.75. The average Bonchev–Trinajstić information content (AvgIpc) is 3.12. The van der Waals surface area contributed by atoms with Crippen LogP contribution in [0, 0.1) is 11.8 Å². The van der Waals surface area contributed by atoms with Crippen LogP contribution in [0.3, 0.4) is 0 Å². The van der Waals surface area contributed by atoms with Gasteiger partial charge in [-0.15, -0.1) is 11.3 Å². The van der Waals surface area contributed by atoms with Gasteiger partial charge in [0.25, 0.3) is 0 Å². The van der Waals surface area contributed by atoms with Crippen molar-refractivity contribution >= 4 is 11.3 Å². The van der Waals surface area contributed by atoms with E-state index in [-0.39, 0.29) is 0 Å². The summed E-state index contributed by atoms with van der Waals surface area (Å²) in [5.41, 5.74) is 1.32. The molecule has 2 bridgehead atoms. The Hall–Kier alpha value is -0.410. The Kier molecular flexibility index (Phi) is 2.51. The molecule has 4 rings (SSSR count). The number of rotatable bonds is 2. The molecule has 0 amide bonds. The number of fused-ring (bicyclic) bond motifs is 2. The van der Waals surface area contributed by atoms with E-state index in [0.717, 1.165) is 17.8 Å². The molecule has 0 aromatic carbocycles. The lowest BCUT2D eigenvalue weighted by Gasteiger charge is -2.19. The lowest BCUT2D eigenvalue weighted by atomic mass is 9.89. The summed E-state index contributed by atoms with van der Waals surface area (Å²) in [6, 6.07) is 0.554. The van der Waals surface area contributed by atoms with Crippen LogP contribution in [0.2, 0.25) is 0 Å². The predicted molar refractivity (Wildman–Crippen MR) is 70.3 cm³/mol. The Morgan fingerprint density at radius 2 is 2.24 bits per heavy atom. The van der Waals surface area contributed by atoms with E-state index in [1.54, 1.807) is 0 Å². The molecule has 1 saturated heterocycles. The van der Waals surface area contributed by atoms with E-state index >= 15 is 0 Å². The summed E-state index contributed by atoms with van der Waals surface area (Å²) in [5, 5.41) is 7.31. The predicted octanol–water partition coefficient (Wildman–Crippen LogP) is 3.47. The molecule has 3 aliphatic rings. The number of thiazole rings is 1. The molecule has 4 atom stereocenters. The molecule has 1 N–H and O–H groups in total. The lowest BCUT2D eigenvalue weighted by molar-refractivity contribution is 0.417. The van der Waals surface area contributed by atoms with E-state index < -0.39 is 0 Å². The first-order chi connectivity index (χ1) is 8.40. The largest absolute Gasteiger partial charge is 0.309 e. The highest BCUT2D eigenvalue weighted by atomic mass is 32.1. The Morgan fingerprint density at radius 1 is 1.24 bits per heavy atom. The molecule has 17 heavy (non-hydrogen) atoms. The summed E-state index contributed by atoms with van der Waals surface area (Å²) in [6.07, 6.45) is 8.46. The fraction of sp³-hybridized carbons (Fsp3) is 0.786. The first kappa shape index (κ1) is 10.5. The molecule has 3 fully saturated rings. The van der Waals surface area contributed by atoms with Gasteiger partial charge in [-0.05, 0) is 50.5 Å². The quantitative estimate of drug-likeness (QED) is 0.867. The first-order valence-electron chi connectivity index (χ1n) is 7.09. The zero-order valence-electron chi connectivity index (χ0n) is 10.2. The van der Waals surface area contributed by atoms with Crippen molar-refractivity contribution in [3.05, 3.63) is 16.1 Å². The molecule has 1 aromatic rings. The zero-order chi connectivity index (χ0) is 11.2. The van der Waals surface area contributed by atoms with Crippen molar-refractivity contribution in [2.75, 3.05) is 6.54 Å². The van der Waals surface area contributed by atoms with Crippen LogP contribution < -0.4 is 5.32 Å². The van der Waals surface area contributed by atoms with Crippen molar-refractivity contribution in [2.45, 2.75) is 50.5 Å². The molecular formula is C14H20N2S. The van der Waals surface area contributed by atoms with Crippen LogP contribution in [-0.4, -0.2) is 11.5 Å². The summed E-state index contributed by atoms with van der Waals surface area (Å²) in [7, 11) is 0. The Balaban J connectivity index is 1.54. The van der Waals surface area contributed by atoms with Gasteiger partial charge in [0.1, 0.15) is 0 Å². The van der Waals surface area contributed by atoms with Gasteiger partial charge >= 0.3 is 0 Å². The van der Waals surface area contributed by atoms with Crippen molar-refractivity contribution < 1.29 is 0 Å². The van der Waals surface area contributed by atoms with Gasteiger partial charge in [0.05, 0.1) is 16.7 Å². The fourth-order valence-electron chi connectivity index (χ4n) is 4.12. The normalized spacial score (nSPS) is 40.2. The standard InChI is InChI=1S/C14H20N2S/c1-2-12(15-5-1)13-8-17-14(16-13)11-7-9-3-4-10(11)6-9/h8-12,15H,1-7H2/t9?,10?,11?,12-/m0/s1. The Morgan fingerprint density at radius 3 is 2.94 bits per heavy atom. The van der Waals surface area contributed by atoms with E-state index in [4.69, 9.17) is 4.98 Å². The zero-order valence-corrected chi connectivity index (χ0v) is 11.0. The topological polar surface area (TPSA) is 24.9 Å². The molecule has 3 unspecified atom stereocenters. The minimum atomic E-state index is 0.554. The van der Waals surface area contributed by atoms with Gasteiger partial charge < -0.3 is 5.32 Å². The average molecular weight is 248 g/mol. The van der Waals surface area contributed by atoms with E-state index in [1.165, 1.54) is 55.8 Å². The van der Waals surface area contributed by atoms with Gasteiger partial charge in [0, 0.05) is 11.3 Å². The number of aromatic nitrogens is 1. The second-order valence-electron chi connectivity index (χ2n) is 6.04. The van der Waals surface area contributed by atoms with Gasteiger partial charge in [-0.25, -0.2) is 4.98 Å². The van der Waals surface area contributed by atoms with E-state index in [1.807, 2.05) is 11.3 Å². The SMILES string of the molecule is c1sc(C2CC3CCC2C3)nc1[C@@H]1CCCN1. The monoisotopic (exact) mass is 248 g/mol. The van der Waals surface area contributed by atoms with E-state index in [2.05, 4.69) is 10.7 Å². The molecule has 2 saturated carbocycles. The minimum absolute atomic E-state index is 0.554. The minimum Gasteiger partial charge on any atom is -0.309 e.